The van der Waals surface area contributed by atoms with Crippen LogP contribution in [0.3, 0.4) is 0 Å². The van der Waals surface area contributed by atoms with Crippen molar-refractivity contribution in [3.63, 3.8) is 0 Å². The molecule has 11 nitrogen and oxygen atoms in total. The zero-order chi connectivity index (χ0) is 26.3. The van der Waals surface area contributed by atoms with Gasteiger partial charge in [0.15, 0.2) is 5.72 Å². The van der Waals surface area contributed by atoms with Crippen LogP contribution in [-0.4, -0.2) is 95.6 Å². The van der Waals surface area contributed by atoms with Gasteiger partial charge in [0.1, 0.15) is 6.79 Å². The third kappa shape index (κ3) is 4.87. The monoisotopic (exact) mass is 537 g/mol. The molecule has 2 unspecified atom stereocenters. The number of piperidine rings is 2. The largest absolute Gasteiger partial charge is 0.381 e. The predicted octanol–water partition coefficient (Wildman–Crippen LogP) is 2.84. The van der Waals surface area contributed by atoms with Crippen LogP contribution in [0.15, 0.2) is 0 Å². The Hall–Kier alpha value is -1.05. The second-order valence-corrected chi connectivity index (χ2v) is 12.8. The summed E-state index contributed by atoms with van der Waals surface area (Å²) in [6, 6.07) is -0.405. The molecule has 3 N–H and O–H groups in total. The molecular weight excluding hydrogens is 492 g/mol. The lowest BCUT2D eigenvalue weighted by molar-refractivity contribution is -0.408. The summed E-state index contributed by atoms with van der Waals surface area (Å²) in [5, 5.41) is 34.7. The molecule has 1 aliphatic carbocycles. The Morgan fingerprint density at radius 2 is 1.21 bits per heavy atom. The second kappa shape index (κ2) is 10.7. The van der Waals surface area contributed by atoms with Crippen molar-refractivity contribution in [1.29, 1.82) is 0 Å². The number of hydrogen-bond donors (Lipinski definition) is 3. The number of nitrogens with zero attached hydrogens (tertiary/aromatic N) is 2. The van der Waals surface area contributed by atoms with Crippen molar-refractivity contribution in [2.24, 2.45) is 0 Å². The SMILES string of the molecule is [O]N1C2(CCCCC2)CC(NC(=O)NC2CC3(CCOCC3)N(O)C3(CCOCC3)C2)CC12CCOCO2. The van der Waals surface area contributed by atoms with E-state index in [0.29, 0.717) is 65.1 Å². The number of carbonyl (C=O) groups is 1. The van der Waals surface area contributed by atoms with Gasteiger partial charge in [-0.1, -0.05) is 19.3 Å². The summed E-state index contributed by atoms with van der Waals surface area (Å²) in [4.78, 5) is 13.5. The van der Waals surface area contributed by atoms with Crippen molar-refractivity contribution in [3.8, 4) is 0 Å². The van der Waals surface area contributed by atoms with E-state index in [0.717, 1.165) is 57.8 Å². The Morgan fingerprint density at radius 1 is 0.684 bits per heavy atom. The van der Waals surface area contributed by atoms with Crippen LogP contribution < -0.4 is 10.6 Å². The molecule has 2 amide bonds. The van der Waals surface area contributed by atoms with Crippen molar-refractivity contribution in [3.05, 3.63) is 0 Å². The van der Waals surface area contributed by atoms with Crippen molar-refractivity contribution >= 4 is 6.03 Å². The number of ether oxygens (including phenoxy) is 4. The molecule has 0 bridgehead atoms. The molecule has 1 radical (unpaired) electrons. The van der Waals surface area contributed by atoms with Gasteiger partial charge in [0.25, 0.3) is 0 Å². The lowest BCUT2D eigenvalue weighted by atomic mass is 9.69. The smallest absolute Gasteiger partial charge is 0.315 e. The van der Waals surface area contributed by atoms with Gasteiger partial charge in [0.05, 0.1) is 23.2 Å². The average molecular weight is 538 g/mol. The van der Waals surface area contributed by atoms with Gasteiger partial charge in [-0.25, -0.2) is 4.79 Å². The van der Waals surface area contributed by atoms with Crippen LogP contribution in [0.5, 0.6) is 0 Å². The molecule has 5 saturated heterocycles. The number of nitrogens with one attached hydrogen (secondary N) is 2. The summed E-state index contributed by atoms with van der Waals surface area (Å²) >= 11 is 0. The number of rotatable bonds is 2. The van der Waals surface area contributed by atoms with E-state index in [1.807, 2.05) is 0 Å². The van der Waals surface area contributed by atoms with E-state index in [2.05, 4.69) is 10.6 Å². The van der Waals surface area contributed by atoms with E-state index >= 15 is 0 Å². The van der Waals surface area contributed by atoms with Gasteiger partial charge in [-0.2, -0.15) is 5.06 Å². The minimum Gasteiger partial charge on any atom is -0.381 e. The molecule has 5 aliphatic heterocycles. The maximum absolute atomic E-state index is 13.8. The highest BCUT2D eigenvalue weighted by Crippen LogP contribution is 2.49. The Bertz CT molecular complexity index is 713. The van der Waals surface area contributed by atoms with Gasteiger partial charge in [-0.3, -0.25) is 0 Å². The number of amides is 2. The summed E-state index contributed by atoms with van der Waals surface area (Å²) in [6.45, 7) is 3.07. The van der Waals surface area contributed by atoms with Crippen LogP contribution in [-0.2, 0) is 24.2 Å². The Morgan fingerprint density at radius 3 is 1.76 bits per heavy atom. The topological polar surface area (TPSA) is 125 Å². The fourth-order valence-electron chi connectivity index (χ4n) is 8.58. The molecule has 4 spiro atoms. The molecule has 0 aromatic heterocycles. The van der Waals surface area contributed by atoms with Crippen LogP contribution in [0.1, 0.15) is 89.9 Å². The molecular formula is C27H45N4O7. The maximum atomic E-state index is 13.8. The fourth-order valence-corrected chi connectivity index (χ4v) is 8.58. The van der Waals surface area contributed by atoms with E-state index in [4.69, 9.17) is 18.9 Å². The molecule has 38 heavy (non-hydrogen) atoms. The first kappa shape index (κ1) is 27.1. The Kier molecular flexibility index (Phi) is 7.67. The van der Waals surface area contributed by atoms with E-state index in [-0.39, 0.29) is 24.9 Å². The van der Waals surface area contributed by atoms with Crippen LogP contribution in [0.25, 0.3) is 0 Å². The maximum Gasteiger partial charge on any atom is 0.315 e. The molecule has 6 fully saturated rings. The number of urea groups is 1. The molecule has 2 atom stereocenters. The van der Waals surface area contributed by atoms with Crippen LogP contribution in [0.4, 0.5) is 4.79 Å². The summed E-state index contributed by atoms with van der Waals surface area (Å²) in [5.41, 5.74) is -2.23. The Labute approximate surface area is 225 Å². The van der Waals surface area contributed by atoms with Crippen LogP contribution >= 0.6 is 0 Å². The van der Waals surface area contributed by atoms with Crippen molar-refractivity contribution in [2.45, 2.75) is 124 Å². The summed E-state index contributed by atoms with van der Waals surface area (Å²) in [6.07, 6.45) is 10.9. The summed E-state index contributed by atoms with van der Waals surface area (Å²) in [7, 11) is 0. The van der Waals surface area contributed by atoms with Crippen molar-refractivity contribution < 1.29 is 34.2 Å². The van der Waals surface area contributed by atoms with Gasteiger partial charge in [0.2, 0.25) is 0 Å². The molecule has 215 valence electrons. The lowest BCUT2D eigenvalue weighted by Crippen LogP contribution is -2.71. The molecule has 1 saturated carbocycles. The highest BCUT2D eigenvalue weighted by Gasteiger charge is 2.58. The van der Waals surface area contributed by atoms with Gasteiger partial charge in [-0.15, -0.1) is 10.3 Å². The zero-order valence-corrected chi connectivity index (χ0v) is 22.6. The third-order valence-corrected chi connectivity index (χ3v) is 10.5. The Balaban J connectivity index is 1.17. The quantitative estimate of drug-likeness (QED) is 0.491. The van der Waals surface area contributed by atoms with Gasteiger partial charge in [-0.05, 0) is 57.8 Å². The normalized spacial score (nSPS) is 37.4. The van der Waals surface area contributed by atoms with Crippen LogP contribution in [0, 0.1) is 0 Å². The van der Waals surface area contributed by atoms with E-state index in [9.17, 15) is 15.2 Å². The molecule has 6 rings (SSSR count). The number of hydroxylamine groups is 4. The average Bonchev–Trinajstić information content (AvgIpc) is 2.93. The summed E-state index contributed by atoms with van der Waals surface area (Å²) in [5.74, 6) is 0. The minimum absolute atomic E-state index is 0.0638. The predicted molar refractivity (Wildman–Crippen MR) is 134 cm³/mol. The minimum atomic E-state index is -0.938. The van der Waals surface area contributed by atoms with Crippen LogP contribution in [0.2, 0.25) is 0 Å². The molecule has 0 aromatic carbocycles. The highest BCUT2D eigenvalue weighted by atomic mass is 16.7. The highest BCUT2D eigenvalue weighted by molar-refractivity contribution is 5.74. The standard InChI is InChI=1S/C27H45N4O7/c32-23(28-21-16-25(6-11-35-12-7-25)30(33)26(17-21)8-13-36-14-9-26)29-22-18-24(4-2-1-3-5-24)31(34)27(19-22)10-15-37-20-38-27/h21-22,33H,1-20H2,(H2,28,29,32). The molecule has 0 aromatic rings. The fraction of sp³-hybridized carbons (Fsp3) is 0.963. The second-order valence-electron chi connectivity index (χ2n) is 12.8. The molecule has 6 aliphatic rings. The number of hydrogen-bond acceptors (Lipinski definition) is 8. The molecule has 5 heterocycles. The zero-order valence-electron chi connectivity index (χ0n) is 22.6. The first-order valence-electron chi connectivity index (χ1n) is 14.8. The lowest BCUT2D eigenvalue weighted by Gasteiger charge is -2.59. The van der Waals surface area contributed by atoms with E-state index < -0.39 is 22.3 Å². The third-order valence-electron chi connectivity index (χ3n) is 10.5. The van der Waals surface area contributed by atoms with E-state index in [1.54, 1.807) is 5.06 Å². The summed E-state index contributed by atoms with van der Waals surface area (Å²) < 4.78 is 22.7. The molecule has 11 heteroatoms. The van der Waals surface area contributed by atoms with E-state index in [1.165, 1.54) is 5.06 Å². The first-order valence-corrected chi connectivity index (χ1v) is 14.8. The van der Waals surface area contributed by atoms with Crippen molar-refractivity contribution in [2.75, 3.05) is 39.8 Å². The van der Waals surface area contributed by atoms with Crippen molar-refractivity contribution in [1.82, 2.24) is 20.8 Å². The van der Waals surface area contributed by atoms with Gasteiger partial charge >= 0.3 is 6.03 Å². The van der Waals surface area contributed by atoms with Gasteiger partial charge < -0.3 is 34.8 Å². The van der Waals surface area contributed by atoms with Gasteiger partial charge in [0, 0.05) is 51.4 Å². The number of carbonyl (C=O) groups excluding carboxylic acids is 1. The first-order chi connectivity index (χ1) is 18.4.